The summed E-state index contributed by atoms with van der Waals surface area (Å²) in [7, 11) is 1.62. The van der Waals surface area contributed by atoms with E-state index >= 15 is 0 Å². The van der Waals surface area contributed by atoms with Crippen LogP contribution < -0.4 is 10.1 Å². The number of nitrogens with zero attached hydrogens (tertiary/aromatic N) is 1. The van der Waals surface area contributed by atoms with Gasteiger partial charge in [-0.15, -0.1) is 0 Å². The number of carbonyl (C=O) groups is 2. The highest BCUT2D eigenvalue weighted by atomic mass is 16.5. The summed E-state index contributed by atoms with van der Waals surface area (Å²) >= 11 is 0. The molecule has 1 saturated heterocycles. The largest absolute Gasteiger partial charge is 0.496 e. The van der Waals surface area contributed by atoms with E-state index in [1.165, 1.54) is 19.3 Å². The van der Waals surface area contributed by atoms with Crippen LogP contribution in [0.2, 0.25) is 0 Å². The average Bonchev–Trinajstić information content (AvgIpc) is 3.11. The van der Waals surface area contributed by atoms with Crippen molar-refractivity contribution in [3.63, 3.8) is 0 Å². The molecule has 25 heavy (non-hydrogen) atoms. The lowest BCUT2D eigenvalue weighted by Gasteiger charge is -2.29. The maximum Gasteiger partial charge on any atom is 0.318 e. The highest BCUT2D eigenvalue weighted by molar-refractivity contribution is 6.02. The van der Waals surface area contributed by atoms with Crippen LogP contribution in [0.15, 0.2) is 18.2 Å². The fourth-order valence-corrected chi connectivity index (χ4v) is 4.01. The lowest BCUT2D eigenvalue weighted by molar-refractivity contribution is 0.0884. The van der Waals surface area contributed by atoms with Gasteiger partial charge < -0.3 is 15.0 Å². The highest BCUT2D eigenvalue weighted by Gasteiger charge is 2.35. The third-order valence-corrected chi connectivity index (χ3v) is 5.43. The number of carbonyl (C=O) groups excluding carboxylic acids is 2. The monoisotopic (exact) mass is 344 g/mol. The Bertz CT molecular complexity index is 638. The molecule has 2 amide bonds. The number of ether oxygens (including phenoxy) is 1. The third-order valence-electron chi connectivity index (χ3n) is 5.43. The van der Waals surface area contributed by atoms with Gasteiger partial charge in [0.15, 0.2) is 5.78 Å². The van der Waals surface area contributed by atoms with E-state index in [0.717, 1.165) is 37.0 Å². The molecule has 0 aromatic heterocycles. The highest BCUT2D eigenvalue weighted by Crippen LogP contribution is 2.25. The Kier molecular flexibility index (Phi) is 5.61. The van der Waals surface area contributed by atoms with Gasteiger partial charge in [-0.2, -0.15) is 0 Å². The molecule has 2 aliphatic rings. The van der Waals surface area contributed by atoms with Crippen LogP contribution >= 0.6 is 0 Å². The van der Waals surface area contributed by atoms with E-state index in [1.807, 2.05) is 19.1 Å². The summed E-state index contributed by atoms with van der Waals surface area (Å²) in [5.41, 5.74) is 1.59. The number of likely N-dealkylation sites (tertiary alicyclic amines) is 1. The number of hydrogen-bond acceptors (Lipinski definition) is 3. The van der Waals surface area contributed by atoms with Gasteiger partial charge in [-0.05, 0) is 56.4 Å². The van der Waals surface area contributed by atoms with Crippen molar-refractivity contribution < 1.29 is 14.3 Å². The summed E-state index contributed by atoms with van der Waals surface area (Å²) in [6, 6.07) is 5.31. The average molecular weight is 344 g/mol. The molecule has 1 unspecified atom stereocenters. The van der Waals surface area contributed by atoms with Crippen LogP contribution in [-0.4, -0.2) is 42.5 Å². The second kappa shape index (κ2) is 7.89. The van der Waals surface area contributed by atoms with Gasteiger partial charge in [0.25, 0.3) is 0 Å². The standard InChI is InChI=1S/C20H28N2O3/c1-14-13-15(10-11-18(14)25-2)19(23)17-9-6-12-22(17)20(24)21-16-7-4-3-5-8-16/h10-11,13,16-17H,3-9,12H2,1-2H3,(H,21,24). The molecule has 136 valence electrons. The van der Waals surface area contributed by atoms with Crippen molar-refractivity contribution in [1.29, 1.82) is 0 Å². The zero-order chi connectivity index (χ0) is 17.8. The Labute approximate surface area is 149 Å². The Morgan fingerprint density at radius 1 is 1.12 bits per heavy atom. The molecule has 1 N–H and O–H groups in total. The SMILES string of the molecule is COc1ccc(C(=O)C2CCCN2C(=O)NC2CCCCC2)cc1C. The Morgan fingerprint density at radius 3 is 2.56 bits per heavy atom. The van der Waals surface area contributed by atoms with E-state index in [0.29, 0.717) is 12.1 Å². The van der Waals surface area contributed by atoms with Crippen LogP contribution in [0, 0.1) is 6.92 Å². The molecule has 5 nitrogen and oxygen atoms in total. The normalized spacial score (nSPS) is 21.2. The minimum Gasteiger partial charge on any atom is -0.496 e. The molecule has 0 radical (unpaired) electrons. The number of ketones is 1. The van der Waals surface area contributed by atoms with Crippen molar-refractivity contribution in [3.8, 4) is 5.75 Å². The molecule has 1 aliphatic heterocycles. The Morgan fingerprint density at radius 2 is 1.88 bits per heavy atom. The number of amides is 2. The van der Waals surface area contributed by atoms with Gasteiger partial charge in [-0.25, -0.2) is 4.79 Å². The molecular weight excluding hydrogens is 316 g/mol. The first-order valence-corrected chi connectivity index (χ1v) is 9.36. The fraction of sp³-hybridized carbons (Fsp3) is 0.600. The Hall–Kier alpha value is -2.04. The van der Waals surface area contributed by atoms with Gasteiger partial charge >= 0.3 is 6.03 Å². The summed E-state index contributed by atoms with van der Waals surface area (Å²) < 4.78 is 5.26. The minimum absolute atomic E-state index is 0.0297. The molecule has 5 heteroatoms. The van der Waals surface area contributed by atoms with Gasteiger partial charge in [0.1, 0.15) is 5.75 Å². The number of Topliss-reactive ketones (excluding diaryl/α,β-unsaturated/α-hetero) is 1. The maximum absolute atomic E-state index is 12.9. The predicted octanol–water partition coefficient (Wildman–Crippen LogP) is 3.69. The van der Waals surface area contributed by atoms with E-state index in [4.69, 9.17) is 4.74 Å². The van der Waals surface area contributed by atoms with Gasteiger partial charge in [0.2, 0.25) is 0 Å². The van der Waals surface area contributed by atoms with Crippen molar-refractivity contribution in [1.82, 2.24) is 10.2 Å². The summed E-state index contributed by atoms with van der Waals surface area (Å²) in [6.07, 6.45) is 7.34. The molecule has 1 heterocycles. The predicted molar refractivity (Wildman–Crippen MR) is 97.2 cm³/mol. The zero-order valence-corrected chi connectivity index (χ0v) is 15.2. The molecule has 2 fully saturated rings. The van der Waals surface area contributed by atoms with Crippen molar-refractivity contribution in [2.24, 2.45) is 0 Å². The van der Waals surface area contributed by atoms with Crippen molar-refractivity contribution in [2.45, 2.75) is 64.0 Å². The topological polar surface area (TPSA) is 58.6 Å². The molecular formula is C20H28N2O3. The van der Waals surface area contributed by atoms with Crippen LogP contribution in [0.5, 0.6) is 5.75 Å². The van der Waals surface area contributed by atoms with Crippen LogP contribution in [0.4, 0.5) is 4.79 Å². The second-order valence-corrected chi connectivity index (χ2v) is 7.18. The summed E-state index contributed by atoms with van der Waals surface area (Å²) in [6.45, 7) is 2.59. The Balaban J connectivity index is 1.68. The lowest BCUT2D eigenvalue weighted by Crippen LogP contribution is -2.49. The zero-order valence-electron chi connectivity index (χ0n) is 15.2. The van der Waals surface area contributed by atoms with E-state index < -0.39 is 0 Å². The van der Waals surface area contributed by atoms with Crippen molar-refractivity contribution in [2.75, 3.05) is 13.7 Å². The van der Waals surface area contributed by atoms with Crippen LogP contribution in [0.25, 0.3) is 0 Å². The summed E-state index contributed by atoms with van der Waals surface area (Å²) in [5, 5.41) is 3.14. The quantitative estimate of drug-likeness (QED) is 0.848. The number of aryl methyl sites for hydroxylation is 1. The van der Waals surface area contributed by atoms with Gasteiger partial charge in [-0.1, -0.05) is 19.3 Å². The number of rotatable bonds is 4. The number of benzene rings is 1. The number of hydrogen-bond donors (Lipinski definition) is 1. The minimum atomic E-state index is -0.351. The maximum atomic E-state index is 12.9. The van der Waals surface area contributed by atoms with Crippen LogP contribution in [-0.2, 0) is 0 Å². The molecule has 0 bridgehead atoms. The molecule has 0 spiro atoms. The van der Waals surface area contributed by atoms with Crippen LogP contribution in [0.3, 0.4) is 0 Å². The molecule has 1 aliphatic carbocycles. The molecule has 1 aromatic rings. The van der Waals surface area contributed by atoms with E-state index in [1.54, 1.807) is 18.1 Å². The van der Waals surface area contributed by atoms with Gasteiger partial charge in [-0.3, -0.25) is 4.79 Å². The summed E-state index contributed by atoms with van der Waals surface area (Å²) in [4.78, 5) is 27.3. The molecule has 1 atom stereocenters. The lowest BCUT2D eigenvalue weighted by atomic mass is 9.95. The van der Waals surface area contributed by atoms with Crippen molar-refractivity contribution >= 4 is 11.8 Å². The van der Waals surface area contributed by atoms with Crippen LogP contribution in [0.1, 0.15) is 60.9 Å². The van der Waals surface area contributed by atoms with E-state index in [9.17, 15) is 9.59 Å². The number of methoxy groups -OCH3 is 1. The number of urea groups is 1. The molecule has 3 rings (SSSR count). The first-order valence-electron chi connectivity index (χ1n) is 9.36. The fourth-order valence-electron chi connectivity index (χ4n) is 4.01. The van der Waals surface area contributed by atoms with E-state index in [2.05, 4.69) is 5.32 Å². The van der Waals surface area contributed by atoms with E-state index in [-0.39, 0.29) is 23.9 Å². The third kappa shape index (κ3) is 3.97. The summed E-state index contributed by atoms with van der Waals surface area (Å²) in [5.74, 6) is 0.803. The molecule has 1 saturated carbocycles. The van der Waals surface area contributed by atoms with Gasteiger partial charge in [0, 0.05) is 18.2 Å². The first kappa shape index (κ1) is 17.8. The molecule has 1 aromatic carbocycles. The second-order valence-electron chi connectivity index (χ2n) is 7.18. The van der Waals surface area contributed by atoms with Gasteiger partial charge in [0.05, 0.1) is 13.2 Å². The first-order chi connectivity index (χ1) is 12.1. The number of nitrogens with one attached hydrogen (secondary N) is 1. The smallest absolute Gasteiger partial charge is 0.318 e. The van der Waals surface area contributed by atoms with Crippen molar-refractivity contribution in [3.05, 3.63) is 29.3 Å².